The highest BCUT2D eigenvalue weighted by Gasteiger charge is 2.33. The Morgan fingerprint density at radius 1 is 1.44 bits per heavy atom. The van der Waals surface area contributed by atoms with Gasteiger partial charge >= 0.3 is 0 Å². The molecule has 0 aromatic heterocycles. The molecule has 0 aliphatic carbocycles. The molecule has 1 aliphatic rings. The summed E-state index contributed by atoms with van der Waals surface area (Å²) in [5.74, 6) is 0.418. The number of rotatable bonds is 2. The van der Waals surface area contributed by atoms with E-state index in [1.54, 1.807) is 4.90 Å². The molecule has 2 rings (SSSR count). The minimum Gasteiger partial charge on any atom is -0.394 e. The molecular formula is C13H17NO2. The fraction of sp³-hybridized carbons (Fsp3) is 0.462. The van der Waals surface area contributed by atoms with Gasteiger partial charge in [0.1, 0.15) is 0 Å². The van der Waals surface area contributed by atoms with Crippen LogP contribution < -0.4 is 0 Å². The van der Waals surface area contributed by atoms with Crippen LogP contribution in [-0.2, 0) is 0 Å². The van der Waals surface area contributed by atoms with Gasteiger partial charge in [0.25, 0.3) is 5.91 Å². The highest BCUT2D eigenvalue weighted by Crippen LogP contribution is 2.25. The highest BCUT2D eigenvalue weighted by molar-refractivity contribution is 5.94. The van der Waals surface area contributed by atoms with Crippen molar-refractivity contribution in [2.45, 2.75) is 19.4 Å². The van der Waals surface area contributed by atoms with Crippen molar-refractivity contribution >= 4 is 5.91 Å². The molecule has 1 N–H and O–H groups in total. The number of likely N-dealkylation sites (tertiary alicyclic amines) is 1. The average molecular weight is 219 g/mol. The maximum atomic E-state index is 12.2. The topological polar surface area (TPSA) is 40.5 Å². The molecule has 1 heterocycles. The van der Waals surface area contributed by atoms with Gasteiger partial charge in [0.2, 0.25) is 0 Å². The standard InChI is InChI=1S/C13H17NO2/c1-10-7-8-14(12(10)9-15)13(16)11-5-3-2-4-6-11/h2-6,10,12,15H,7-9H2,1H3/t10-,12+/m0/s1. The number of hydrogen-bond donors (Lipinski definition) is 1. The van der Waals surface area contributed by atoms with Crippen molar-refractivity contribution in [3.05, 3.63) is 35.9 Å². The largest absolute Gasteiger partial charge is 0.394 e. The third kappa shape index (κ3) is 1.95. The lowest BCUT2D eigenvalue weighted by Gasteiger charge is -2.25. The normalized spacial score (nSPS) is 24.8. The molecule has 0 unspecified atom stereocenters. The maximum absolute atomic E-state index is 12.2. The molecule has 2 atom stereocenters. The molecule has 1 aliphatic heterocycles. The van der Waals surface area contributed by atoms with Gasteiger partial charge in [0.05, 0.1) is 12.6 Å². The monoisotopic (exact) mass is 219 g/mol. The van der Waals surface area contributed by atoms with E-state index in [-0.39, 0.29) is 18.6 Å². The second-order valence-electron chi connectivity index (χ2n) is 4.38. The van der Waals surface area contributed by atoms with Crippen LogP contribution in [0, 0.1) is 5.92 Å². The first-order valence-electron chi connectivity index (χ1n) is 5.71. The van der Waals surface area contributed by atoms with Crippen molar-refractivity contribution in [2.24, 2.45) is 5.92 Å². The summed E-state index contributed by atoms with van der Waals surface area (Å²) in [4.78, 5) is 14.0. The molecule has 1 amide bonds. The number of amides is 1. The summed E-state index contributed by atoms with van der Waals surface area (Å²) < 4.78 is 0. The summed E-state index contributed by atoms with van der Waals surface area (Å²) in [6, 6.07) is 9.24. The molecule has 3 nitrogen and oxygen atoms in total. The Morgan fingerprint density at radius 2 is 2.12 bits per heavy atom. The van der Waals surface area contributed by atoms with Crippen LogP contribution in [0.4, 0.5) is 0 Å². The van der Waals surface area contributed by atoms with Crippen molar-refractivity contribution in [3.8, 4) is 0 Å². The Bertz CT molecular complexity index is 363. The van der Waals surface area contributed by atoms with Crippen molar-refractivity contribution in [1.29, 1.82) is 0 Å². The van der Waals surface area contributed by atoms with Gasteiger partial charge in [-0.25, -0.2) is 0 Å². The molecule has 1 fully saturated rings. The maximum Gasteiger partial charge on any atom is 0.254 e. The molecule has 86 valence electrons. The Kier molecular flexibility index (Phi) is 3.25. The minimum atomic E-state index is -0.0206. The van der Waals surface area contributed by atoms with Crippen LogP contribution in [0.25, 0.3) is 0 Å². The van der Waals surface area contributed by atoms with Crippen LogP contribution in [0.2, 0.25) is 0 Å². The quantitative estimate of drug-likeness (QED) is 0.819. The zero-order valence-electron chi connectivity index (χ0n) is 9.47. The number of aliphatic hydroxyl groups excluding tert-OH is 1. The fourth-order valence-corrected chi connectivity index (χ4v) is 2.29. The molecule has 1 saturated heterocycles. The number of carbonyl (C=O) groups is 1. The number of aliphatic hydroxyl groups is 1. The summed E-state index contributed by atoms with van der Waals surface area (Å²) in [5.41, 5.74) is 0.704. The van der Waals surface area contributed by atoms with Gasteiger partial charge in [-0.05, 0) is 24.5 Å². The second-order valence-corrected chi connectivity index (χ2v) is 4.38. The Hall–Kier alpha value is -1.35. The third-order valence-electron chi connectivity index (χ3n) is 3.35. The predicted molar refractivity (Wildman–Crippen MR) is 62.1 cm³/mol. The molecule has 0 spiro atoms. The van der Waals surface area contributed by atoms with Crippen LogP contribution in [0.1, 0.15) is 23.7 Å². The molecule has 1 aromatic rings. The summed E-state index contributed by atoms with van der Waals surface area (Å²) in [6.45, 7) is 2.89. The van der Waals surface area contributed by atoms with Gasteiger partial charge in [0, 0.05) is 12.1 Å². The van der Waals surface area contributed by atoms with Crippen molar-refractivity contribution < 1.29 is 9.90 Å². The summed E-state index contributed by atoms with van der Waals surface area (Å²) in [7, 11) is 0. The van der Waals surface area contributed by atoms with E-state index in [1.165, 1.54) is 0 Å². The van der Waals surface area contributed by atoms with E-state index in [9.17, 15) is 9.90 Å². The van der Waals surface area contributed by atoms with Gasteiger partial charge in [0.15, 0.2) is 0 Å². The molecule has 0 bridgehead atoms. The van der Waals surface area contributed by atoms with Crippen LogP contribution in [0.3, 0.4) is 0 Å². The zero-order chi connectivity index (χ0) is 11.5. The van der Waals surface area contributed by atoms with E-state index in [0.717, 1.165) is 13.0 Å². The van der Waals surface area contributed by atoms with Crippen LogP contribution in [0.15, 0.2) is 30.3 Å². The van der Waals surface area contributed by atoms with Gasteiger partial charge in [-0.3, -0.25) is 4.79 Å². The summed E-state index contributed by atoms with van der Waals surface area (Å²) >= 11 is 0. The zero-order valence-corrected chi connectivity index (χ0v) is 9.47. The molecule has 16 heavy (non-hydrogen) atoms. The minimum absolute atomic E-state index is 0.0206. The SMILES string of the molecule is C[C@H]1CCN(C(=O)c2ccccc2)[C@@H]1CO. The van der Waals surface area contributed by atoms with Gasteiger partial charge in [-0.15, -0.1) is 0 Å². The van der Waals surface area contributed by atoms with Crippen molar-refractivity contribution in [2.75, 3.05) is 13.2 Å². The van der Waals surface area contributed by atoms with Gasteiger partial charge < -0.3 is 10.0 Å². The molecule has 0 radical (unpaired) electrons. The lowest BCUT2D eigenvalue weighted by molar-refractivity contribution is 0.0648. The van der Waals surface area contributed by atoms with E-state index < -0.39 is 0 Å². The number of benzene rings is 1. The first kappa shape index (κ1) is 11.1. The number of carbonyl (C=O) groups excluding carboxylic acids is 1. The smallest absolute Gasteiger partial charge is 0.254 e. The van der Waals surface area contributed by atoms with Crippen LogP contribution in [0.5, 0.6) is 0 Å². The summed E-state index contributed by atoms with van der Waals surface area (Å²) in [5, 5.41) is 9.31. The number of hydrogen-bond acceptors (Lipinski definition) is 2. The Labute approximate surface area is 95.7 Å². The van der Waals surface area contributed by atoms with E-state index in [0.29, 0.717) is 11.5 Å². The van der Waals surface area contributed by atoms with Crippen LogP contribution >= 0.6 is 0 Å². The third-order valence-corrected chi connectivity index (χ3v) is 3.35. The van der Waals surface area contributed by atoms with Gasteiger partial charge in [-0.2, -0.15) is 0 Å². The lowest BCUT2D eigenvalue weighted by atomic mass is 10.0. The van der Waals surface area contributed by atoms with Crippen LogP contribution in [-0.4, -0.2) is 35.1 Å². The fourth-order valence-electron chi connectivity index (χ4n) is 2.29. The first-order chi connectivity index (χ1) is 7.74. The molecule has 3 heteroatoms. The lowest BCUT2D eigenvalue weighted by Crippen LogP contribution is -2.39. The highest BCUT2D eigenvalue weighted by atomic mass is 16.3. The Balaban J connectivity index is 2.17. The van der Waals surface area contributed by atoms with E-state index in [1.807, 2.05) is 30.3 Å². The first-order valence-corrected chi connectivity index (χ1v) is 5.71. The van der Waals surface area contributed by atoms with Crippen molar-refractivity contribution in [3.63, 3.8) is 0 Å². The Morgan fingerprint density at radius 3 is 2.75 bits per heavy atom. The van der Waals surface area contributed by atoms with E-state index in [4.69, 9.17) is 0 Å². The molecular weight excluding hydrogens is 202 g/mol. The van der Waals surface area contributed by atoms with Crippen molar-refractivity contribution in [1.82, 2.24) is 4.90 Å². The summed E-state index contributed by atoms with van der Waals surface area (Å²) in [6.07, 6.45) is 0.976. The molecule has 1 aromatic carbocycles. The van der Waals surface area contributed by atoms with E-state index in [2.05, 4.69) is 6.92 Å². The number of nitrogens with zero attached hydrogens (tertiary/aromatic N) is 1. The van der Waals surface area contributed by atoms with Gasteiger partial charge in [-0.1, -0.05) is 25.1 Å². The van der Waals surface area contributed by atoms with E-state index >= 15 is 0 Å². The predicted octanol–water partition coefficient (Wildman–Crippen LogP) is 1.53. The molecule has 0 saturated carbocycles. The second kappa shape index (κ2) is 4.66. The average Bonchev–Trinajstić information content (AvgIpc) is 2.70.